The lowest BCUT2D eigenvalue weighted by Gasteiger charge is -2.21. The topological polar surface area (TPSA) is 89.1 Å². The molecule has 2 fully saturated rings. The monoisotopic (exact) mass is 405 g/mol. The van der Waals surface area contributed by atoms with Crippen LogP contribution in [-0.2, 0) is 4.79 Å². The summed E-state index contributed by atoms with van der Waals surface area (Å²) in [5.41, 5.74) is 0.887. The maximum atomic E-state index is 13.0. The van der Waals surface area contributed by atoms with Gasteiger partial charge in [-0.25, -0.2) is 4.79 Å². The van der Waals surface area contributed by atoms with Gasteiger partial charge in [0.2, 0.25) is 11.7 Å². The van der Waals surface area contributed by atoms with Crippen LogP contribution in [0.2, 0.25) is 0 Å². The lowest BCUT2D eigenvalue weighted by atomic mass is 9.88. The Morgan fingerprint density at radius 3 is 2.21 bits per heavy atom. The summed E-state index contributed by atoms with van der Waals surface area (Å²) in [4.78, 5) is 27.1. The Morgan fingerprint density at radius 1 is 1.03 bits per heavy atom. The zero-order valence-electron chi connectivity index (χ0n) is 17.6. The Bertz CT molecular complexity index is 725. The summed E-state index contributed by atoms with van der Waals surface area (Å²) in [5, 5.41) is 5.90. The van der Waals surface area contributed by atoms with Crippen LogP contribution in [0, 0.1) is 11.8 Å². The van der Waals surface area contributed by atoms with Gasteiger partial charge in [0.25, 0.3) is 0 Å². The van der Waals surface area contributed by atoms with Crippen molar-refractivity contribution in [3.8, 4) is 17.2 Å². The van der Waals surface area contributed by atoms with Crippen molar-refractivity contribution < 1.29 is 23.8 Å². The molecule has 29 heavy (non-hydrogen) atoms. The Labute approximate surface area is 171 Å². The van der Waals surface area contributed by atoms with Crippen LogP contribution in [-0.4, -0.2) is 64.3 Å². The average molecular weight is 405 g/mol. The van der Waals surface area contributed by atoms with Crippen LogP contribution in [0.4, 0.5) is 4.79 Å². The fraction of sp³-hybridized carbons (Fsp3) is 0.619. The first kappa shape index (κ1) is 21.1. The molecule has 160 valence electrons. The molecule has 3 rings (SSSR count). The van der Waals surface area contributed by atoms with Crippen LogP contribution in [0.15, 0.2) is 12.1 Å². The molecule has 0 aromatic heterocycles. The molecule has 1 saturated carbocycles. The number of amides is 3. The second-order valence-corrected chi connectivity index (χ2v) is 7.60. The molecule has 2 atom stereocenters. The van der Waals surface area contributed by atoms with Crippen molar-refractivity contribution in [2.45, 2.75) is 25.7 Å². The van der Waals surface area contributed by atoms with Gasteiger partial charge in [-0.15, -0.1) is 0 Å². The zero-order chi connectivity index (χ0) is 21.0. The number of hydrogen-bond acceptors (Lipinski definition) is 5. The first-order valence-corrected chi connectivity index (χ1v) is 10.1. The number of nitrogens with one attached hydrogen (secondary N) is 2. The number of carbonyl (C=O) groups excluding carboxylic acids is 2. The summed E-state index contributed by atoms with van der Waals surface area (Å²) < 4.78 is 16.4. The van der Waals surface area contributed by atoms with Gasteiger partial charge in [-0.2, -0.15) is 0 Å². The molecule has 0 radical (unpaired) electrons. The van der Waals surface area contributed by atoms with Gasteiger partial charge in [0.05, 0.1) is 27.2 Å². The summed E-state index contributed by atoms with van der Waals surface area (Å²) in [5.74, 6) is 1.67. The van der Waals surface area contributed by atoms with Crippen molar-refractivity contribution in [2.24, 2.45) is 11.8 Å². The van der Waals surface area contributed by atoms with Crippen LogP contribution in [0.25, 0.3) is 0 Å². The standard InChI is InChI=1S/C21H31N3O5/c1-5-22-21(26)24-11-15(16(12-24)20(25)23-10-13-6-7-13)14-8-17(27-2)19(29-4)18(9-14)28-3/h8-9,13,15-16H,5-7,10-12H2,1-4H3,(H,22,26)(H,23,25). The van der Waals surface area contributed by atoms with E-state index in [9.17, 15) is 9.59 Å². The third kappa shape index (κ3) is 4.68. The Hall–Kier alpha value is -2.64. The molecule has 1 aromatic rings. The predicted molar refractivity (Wildman–Crippen MR) is 109 cm³/mol. The van der Waals surface area contributed by atoms with Crippen molar-refractivity contribution in [1.82, 2.24) is 15.5 Å². The number of likely N-dealkylation sites (tertiary alicyclic amines) is 1. The Kier molecular flexibility index (Phi) is 6.71. The first-order valence-electron chi connectivity index (χ1n) is 10.1. The minimum absolute atomic E-state index is 0.0116. The molecule has 1 aromatic carbocycles. The second kappa shape index (κ2) is 9.24. The zero-order valence-corrected chi connectivity index (χ0v) is 17.6. The van der Waals surface area contributed by atoms with Crippen molar-refractivity contribution in [1.29, 1.82) is 0 Å². The highest BCUT2D eigenvalue weighted by Gasteiger charge is 2.41. The van der Waals surface area contributed by atoms with Crippen LogP contribution >= 0.6 is 0 Å². The van der Waals surface area contributed by atoms with Gasteiger partial charge in [0, 0.05) is 32.1 Å². The van der Waals surface area contributed by atoms with E-state index in [1.807, 2.05) is 19.1 Å². The van der Waals surface area contributed by atoms with E-state index in [1.165, 1.54) is 12.8 Å². The summed E-state index contributed by atoms with van der Waals surface area (Å²) in [7, 11) is 4.69. The Balaban J connectivity index is 1.89. The lowest BCUT2D eigenvalue weighted by molar-refractivity contribution is -0.125. The normalized spacial score (nSPS) is 20.9. The second-order valence-electron chi connectivity index (χ2n) is 7.60. The molecule has 0 bridgehead atoms. The van der Waals surface area contributed by atoms with Gasteiger partial charge in [0.15, 0.2) is 11.5 Å². The van der Waals surface area contributed by atoms with Gasteiger partial charge in [-0.1, -0.05) is 0 Å². The van der Waals surface area contributed by atoms with E-state index in [0.29, 0.717) is 49.3 Å². The third-order valence-corrected chi connectivity index (χ3v) is 5.65. The number of nitrogens with zero attached hydrogens (tertiary/aromatic N) is 1. The predicted octanol–water partition coefficient (Wildman–Crippen LogP) is 1.98. The van der Waals surface area contributed by atoms with Crippen LogP contribution in [0.1, 0.15) is 31.2 Å². The number of rotatable bonds is 8. The first-order chi connectivity index (χ1) is 14.0. The highest BCUT2D eigenvalue weighted by atomic mass is 16.5. The fourth-order valence-corrected chi connectivity index (χ4v) is 3.85. The number of urea groups is 1. The SMILES string of the molecule is CCNC(=O)N1CC(C(=O)NCC2CC2)C(c2cc(OC)c(OC)c(OC)c2)C1. The molecular weight excluding hydrogens is 374 g/mol. The van der Waals surface area contributed by atoms with Crippen molar-refractivity contribution in [2.75, 3.05) is 47.5 Å². The van der Waals surface area contributed by atoms with Gasteiger partial charge < -0.3 is 29.7 Å². The number of methoxy groups -OCH3 is 3. The molecule has 0 spiro atoms. The number of benzene rings is 1. The number of ether oxygens (including phenoxy) is 3. The van der Waals surface area contributed by atoms with E-state index < -0.39 is 0 Å². The molecule has 3 amide bonds. The highest BCUT2D eigenvalue weighted by molar-refractivity contribution is 5.83. The number of hydrogen-bond donors (Lipinski definition) is 2. The van der Waals surface area contributed by atoms with Crippen LogP contribution < -0.4 is 24.8 Å². The fourth-order valence-electron chi connectivity index (χ4n) is 3.85. The Morgan fingerprint density at radius 2 is 1.69 bits per heavy atom. The number of carbonyl (C=O) groups is 2. The maximum absolute atomic E-state index is 13.0. The molecular formula is C21H31N3O5. The van der Waals surface area contributed by atoms with Gasteiger partial charge >= 0.3 is 6.03 Å². The smallest absolute Gasteiger partial charge is 0.317 e. The maximum Gasteiger partial charge on any atom is 0.317 e. The third-order valence-electron chi connectivity index (χ3n) is 5.65. The summed E-state index contributed by atoms with van der Waals surface area (Å²) in [6.07, 6.45) is 2.35. The largest absolute Gasteiger partial charge is 0.493 e. The van der Waals surface area contributed by atoms with Crippen molar-refractivity contribution >= 4 is 11.9 Å². The molecule has 8 heteroatoms. The van der Waals surface area contributed by atoms with Crippen molar-refractivity contribution in [3.63, 3.8) is 0 Å². The van der Waals surface area contributed by atoms with E-state index >= 15 is 0 Å². The molecule has 1 heterocycles. The quantitative estimate of drug-likeness (QED) is 0.690. The average Bonchev–Trinajstić information content (AvgIpc) is 3.46. The van der Waals surface area contributed by atoms with Gasteiger partial charge in [-0.3, -0.25) is 4.79 Å². The minimum atomic E-state index is -0.334. The molecule has 2 aliphatic rings. The van der Waals surface area contributed by atoms with Gasteiger partial charge in [-0.05, 0) is 43.4 Å². The van der Waals surface area contributed by atoms with Gasteiger partial charge in [0.1, 0.15) is 0 Å². The summed E-state index contributed by atoms with van der Waals surface area (Å²) >= 11 is 0. The summed E-state index contributed by atoms with van der Waals surface area (Å²) in [6, 6.07) is 3.59. The van der Waals surface area contributed by atoms with E-state index in [4.69, 9.17) is 14.2 Å². The van der Waals surface area contributed by atoms with E-state index in [2.05, 4.69) is 10.6 Å². The van der Waals surface area contributed by atoms with Crippen LogP contribution in [0.5, 0.6) is 17.2 Å². The van der Waals surface area contributed by atoms with Crippen molar-refractivity contribution in [3.05, 3.63) is 17.7 Å². The molecule has 2 unspecified atom stereocenters. The van der Waals surface area contributed by atoms with E-state index in [1.54, 1.807) is 26.2 Å². The summed E-state index contributed by atoms with van der Waals surface area (Å²) in [6.45, 7) is 3.96. The lowest BCUT2D eigenvalue weighted by Crippen LogP contribution is -2.40. The molecule has 8 nitrogen and oxygen atoms in total. The molecule has 1 saturated heterocycles. The minimum Gasteiger partial charge on any atom is -0.493 e. The molecule has 1 aliphatic heterocycles. The molecule has 1 aliphatic carbocycles. The highest BCUT2D eigenvalue weighted by Crippen LogP contribution is 2.43. The molecule has 2 N–H and O–H groups in total. The van der Waals surface area contributed by atoms with E-state index in [-0.39, 0.29) is 23.8 Å². The van der Waals surface area contributed by atoms with Crippen LogP contribution in [0.3, 0.4) is 0 Å². The van der Waals surface area contributed by atoms with E-state index in [0.717, 1.165) is 5.56 Å².